The Bertz CT molecular complexity index is 444. The highest BCUT2D eigenvalue weighted by Gasteiger charge is 2.17. The molecular formula is C13H16BrNO2. The van der Waals surface area contributed by atoms with Crippen LogP contribution in [0.4, 0.5) is 0 Å². The molecule has 1 aliphatic heterocycles. The highest BCUT2D eigenvalue weighted by atomic mass is 79.9. The first kappa shape index (κ1) is 12.5. The van der Waals surface area contributed by atoms with Crippen molar-refractivity contribution >= 4 is 22.0 Å². The van der Waals surface area contributed by atoms with Crippen LogP contribution in [0.15, 0.2) is 16.6 Å². The van der Waals surface area contributed by atoms with Crippen LogP contribution < -0.4 is 15.2 Å². The van der Waals surface area contributed by atoms with Gasteiger partial charge in [-0.1, -0.05) is 28.1 Å². The smallest absolute Gasteiger partial charge is 0.164 e. The highest BCUT2D eigenvalue weighted by molar-refractivity contribution is 9.10. The van der Waals surface area contributed by atoms with Crippen molar-refractivity contribution in [3.63, 3.8) is 0 Å². The van der Waals surface area contributed by atoms with Crippen molar-refractivity contribution in [3.8, 4) is 11.5 Å². The van der Waals surface area contributed by atoms with Gasteiger partial charge in [-0.25, -0.2) is 0 Å². The number of ether oxygens (including phenoxy) is 2. The lowest BCUT2D eigenvalue weighted by atomic mass is 10.1. The second-order valence-electron chi connectivity index (χ2n) is 3.91. The molecule has 3 nitrogen and oxygen atoms in total. The third-order valence-corrected chi connectivity index (χ3v) is 3.35. The number of halogens is 1. The van der Waals surface area contributed by atoms with Gasteiger partial charge in [0.25, 0.3) is 0 Å². The van der Waals surface area contributed by atoms with Crippen molar-refractivity contribution in [2.45, 2.75) is 13.3 Å². The van der Waals surface area contributed by atoms with E-state index in [2.05, 4.69) is 15.9 Å². The first-order valence-corrected chi connectivity index (χ1v) is 6.48. The summed E-state index contributed by atoms with van der Waals surface area (Å²) in [5, 5.41) is 0. The van der Waals surface area contributed by atoms with Gasteiger partial charge in [-0.05, 0) is 18.6 Å². The van der Waals surface area contributed by atoms with Crippen LogP contribution in [0, 0.1) is 6.92 Å². The zero-order valence-electron chi connectivity index (χ0n) is 9.83. The summed E-state index contributed by atoms with van der Waals surface area (Å²) in [5.74, 6) is 1.67. The van der Waals surface area contributed by atoms with Crippen LogP contribution in [0.3, 0.4) is 0 Å². The Morgan fingerprint density at radius 1 is 1.41 bits per heavy atom. The lowest BCUT2D eigenvalue weighted by Crippen LogP contribution is -1.98. The van der Waals surface area contributed by atoms with Crippen LogP contribution in [0.25, 0.3) is 6.08 Å². The van der Waals surface area contributed by atoms with Gasteiger partial charge >= 0.3 is 0 Å². The Labute approximate surface area is 110 Å². The summed E-state index contributed by atoms with van der Waals surface area (Å²) in [7, 11) is 0. The average Bonchev–Trinajstić information content (AvgIpc) is 2.54. The molecule has 17 heavy (non-hydrogen) atoms. The van der Waals surface area contributed by atoms with Crippen LogP contribution in [0.1, 0.15) is 17.5 Å². The van der Waals surface area contributed by atoms with E-state index in [0.717, 1.165) is 33.5 Å². The first-order valence-electron chi connectivity index (χ1n) is 5.69. The summed E-state index contributed by atoms with van der Waals surface area (Å²) in [6.45, 7) is 3.97. The molecule has 0 amide bonds. The molecule has 1 heterocycles. The monoisotopic (exact) mass is 297 g/mol. The van der Waals surface area contributed by atoms with Gasteiger partial charge in [0.05, 0.1) is 13.2 Å². The van der Waals surface area contributed by atoms with E-state index in [9.17, 15) is 0 Å². The first-order chi connectivity index (χ1) is 8.24. The molecule has 0 spiro atoms. The fourth-order valence-electron chi connectivity index (χ4n) is 1.84. The molecule has 0 aliphatic carbocycles. The molecule has 2 rings (SSSR count). The van der Waals surface area contributed by atoms with Crippen LogP contribution in [-0.4, -0.2) is 19.8 Å². The van der Waals surface area contributed by atoms with Crippen LogP contribution >= 0.6 is 15.9 Å². The van der Waals surface area contributed by atoms with Gasteiger partial charge in [-0.15, -0.1) is 0 Å². The molecule has 0 radical (unpaired) electrons. The number of nitrogens with two attached hydrogens (primary N) is 1. The van der Waals surface area contributed by atoms with Crippen LogP contribution in [0.2, 0.25) is 0 Å². The van der Waals surface area contributed by atoms with Crippen LogP contribution in [-0.2, 0) is 0 Å². The average molecular weight is 298 g/mol. The van der Waals surface area contributed by atoms with Gasteiger partial charge in [0.15, 0.2) is 11.5 Å². The second-order valence-corrected chi connectivity index (χ2v) is 4.77. The molecule has 0 bridgehead atoms. The minimum Gasteiger partial charge on any atom is -0.490 e. The molecule has 0 unspecified atom stereocenters. The summed E-state index contributed by atoms with van der Waals surface area (Å²) in [6.07, 6.45) is 4.85. The van der Waals surface area contributed by atoms with E-state index in [0.29, 0.717) is 19.8 Å². The molecule has 1 aromatic carbocycles. The maximum Gasteiger partial charge on any atom is 0.164 e. The highest BCUT2D eigenvalue weighted by Crippen LogP contribution is 2.39. The van der Waals surface area contributed by atoms with Crippen molar-refractivity contribution < 1.29 is 9.47 Å². The molecular weight excluding hydrogens is 282 g/mol. The molecule has 0 aromatic heterocycles. The van der Waals surface area contributed by atoms with Crippen molar-refractivity contribution in [3.05, 3.63) is 27.7 Å². The minimum atomic E-state index is 0.528. The Balaban J connectivity index is 2.48. The Kier molecular flexibility index (Phi) is 4.07. The number of benzene rings is 1. The predicted octanol–water partition coefficient (Wildman–Crippen LogP) is 2.89. The van der Waals surface area contributed by atoms with Crippen molar-refractivity contribution in [1.29, 1.82) is 0 Å². The fourth-order valence-corrected chi connectivity index (χ4v) is 2.47. The third kappa shape index (κ3) is 2.64. The zero-order valence-corrected chi connectivity index (χ0v) is 11.4. The SMILES string of the molecule is Cc1c(/C=C/CN)c(Br)cc2c1OCCCO2. The molecule has 0 saturated heterocycles. The van der Waals surface area contributed by atoms with Gasteiger partial charge in [0, 0.05) is 23.0 Å². The predicted molar refractivity (Wildman–Crippen MR) is 72.6 cm³/mol. The molecule has 1 aliphatic rings. The topological polar surface area (TPSA) is 44.5 Å². The van der Waals surface area contributed by atoms with Gasteiger partial charge in [-0.3, -0.25) is 0 Å². The standard InChI is InChI=1S/C13H16BrNO2/c1-9-10(4-2-5-15)11(14)8-12-13(9)17-7-3-6-16-12/h2,4,8H,3,5-7,15H2,1H3/b4-2+. The maximum atomic E-state index is 5.74. The number of hydrogen-bond donors (Lipinski definition) is 1. The summed E-state index contributed by atoms with van der Waals surface area (Å²) in [5.41, 5.74) is 7.66. The summed E-state index contributed by atoms with van der Waals surface area (Å²) in [4.78, 5) is 0. The van der Waals surface area contributed by atoms with E-state index >= 15 is 0 Å². The van der Waals surface area contributed by atoms with E-state index in [-0.39, 0.29) is 0 Å². The third-order valence-electron chi connectivity index (χ3n) is 2.70. The van der Waals surface area contributed by atoms with E-state index in [4.69, 9.17) is 15.2 Å². The molecule has 0 atom stereocenters. The molecule has 1 aromatic rings. The summed E-state index contributed by atoms with van der Waals surface area (Å²) in [6, 6.07) is 1.96. The normalized spacial score (nSPS) is 15.0. The van der Waals surface area contributed by atoms with Crippen LogP contribution in [0.5, 0.6) is 11.5 Å². The van der Waals surface area contributed by atoms with Gasteiger partial charge in [0.1, 0.15) is 0 Å². The van der Waals surface area contributed by atoms with E-state index in [1.54, 1.807) is 0 Å². The maximum absolute atomic E-state index is 5.74. The lowest BCUT2D eigenvalue weighted by molar-refractivity contribution is 0.296. The number of fused-ring (bicyclic) bond motifs is 1. The molecule has 92 valence electrons. The summed E-state index contributed by atoms with van der Waals surface area (Å²) >= 11 is 3.55. The van der Waals surface area contributed by atoms with Crippen molar-refractivity contribution in [2.75, 3.05) is 19.8 Å². The molecule has 4 heteroatoms. The minimum absolute atomic E-state index is 0.528. The second kappa shape index (κ2) is 5.56. The van der Waals surface area contributed by atoms with Crippen molar-refractivity contribution in [2.24, 2.45) is 5.73 Å². The Hall–Kier alpha value is -1.00. The number of rotatable bonds is 2. The van der Waals surface area contributed by atoms with Crippen molar-refractivity contribution in [1.82, 2.24) is 0 Å². The van der Waals surface area contributed by atoms with Gasteiger partial charge in [-0.2, -0.15) is 0 Å². The molecule has 0 fully saturated rings. The largest absolute Gasteiger partial charge is 0.490 e. The number of hydrogen-bond acceptors (Lipinski definition) is 3. The Morgan fingerprint density at radius 2 is 2.18 bits per heavy atom. The molecule has 0 saturated carbocycles. The van der Waals surface area contributed by atoms with Gasteiger partial charge < -0.3 is 15.2 Å². The van der Waals surface area contributed by atoms with E-state index in [1.165, 1.54) is 0 Å². The van der Waals surface area contributed by atoms with E-state index < -0.39 is 0 Å². The van der Waals surface area contributed by atoms with Gasteiger partial charge in [0.2, 0.25) is 0 Å². The quantitative estimate of drug-likeness (QED) is 0.913. The summed E-state index contributed by atoms with van der Waals surface area (Å²) < 4.78 is 12.4. The zero-order chi connectivity index (χ0) is 12.3. The lowest BCUT2D eigenvalue weighted by Gasteiger charge is -2.14. The van der Waals surface area contributed by atoms with E-state index in [1.807, 2.05) is 25.1 Å². The molecule has 2 N–H and O–H groups in total. The Morgan fingerprint density at radius 3 is 2.94 bits per heavy atom. The fraction of sp³-hybridized carbons (Fsp3) is 0.385.